The lowest BCUT2D eigenvalue weighted by Crippen LogP contribution is -2.26. The van der Waals surface area contributed by atoms with E-state index in [1.807, 2.05) is 32.0 Å². The number of carbonyl (C=O) groups is 1. The standard InChI is InChI=1S/C18H21N5O4S/c1-12-5-6-13(2)16(9-12)19-18(24)11-27-23-17-10-14(28(25,26)22(3)4)7-8-15(17)20-21-23/h5-10H,11H2,1-4H3,(H,19,24). The monoisotopic (exact) mass is 403 g/mol. The van der Waals surface area contributed by atoms with Crippen LogP contribution in [-0.2, 0) is 14.8 Å². The summed E-state index contributed by atoms with van der Waals surface area (Å²) in [6.07, 6.45) is 0. The molecule has 0 atom stereocenters. The average Bonchev–Trinajstić information content (AvgIpc) is 3.05. The van der Waals surface area contributed by atoms with E-state index in [1.165, 1.54) is 32.3 Å². The molecular formula is C18H21N5O4S. The largest absolute Gasteiger partial charge is 0.385 e. The molecule has 0 radical (unpaired) electrons. The molecule has 1 N–H and O–H groups in total. The second-order valence-corrected chi connectivity index (χ2v) is 8.69. The van der Waals surface area contributed by atoms with Crippen molar-refractivity contribution in [2.24, 2.45) is 0 Å². The SMILES string of the molecule is Cc1ccc(C)c(NC(=O)COn2nnc3ccc(S(=O)(=O)N(C)C)cc32)c1. The number of sulfonamides is 1. The first kappa shape index (κ1) is 19.8. The Hall–Kier alpha value is -2.98. The average molecular weight is 403 g/mol. The van der Waals surface area contributed by atoms with E-state index in [4.69, 9.17) is 4.84 Å². The Balaban J connectivity index is 1.77. The number of carbonyl (C=O) groups excluding carboxylic acids is 1. The molecule has 0 aliphatic heterocycles. The van der Waals surface area contributed by atoms with Crippen LogP contribution in [0.5, 0.6) is 0 Å². The van der Waals surface area contributed by atoms with Gasteiger partial charge in [-0.05, 0) is 54.5 Å². The van der Waals surface area contributed by atoms with E-state index >= 15 is 0 Å². The second kappa shape index (κ2) is 7.56. The van der Waals surface area contributed by atoms with Gasteiger partial charge in [0.05, 0.1) is 4.90 Å². The summed E-state index contributed by atoms with van der Waals surface area (Å²) in [5.74, 6) is -0.366. The van der Waals surface area contributed by atoms with Crippen molar-refractivity contribution < 1.29 is 18.0 Å². The highest BCUT2D eigenvalue weighted by atomic mass is 32.2. The van der Waals surface area contributed by atoms with Gasteiger partial charge in [0.25, 0.3) is 5.91 Å². The molecule has 2 aromatic carbocycles. The first-order valence-electron chi connectivity index (χ1n) is 8.47. The Morgan fingerprint density at radius 2 is 1.93 bits per heavy atom. The topological polar surface area (TPSA) is 106 Å². The van der Waals surface area contributed by atoms with Crippen molar-refractivity contribution in [1.29, 1.82) is 0 Å². The maximum Gasteiger partial charge on any atom is 0.265 e. The van der Waals surface area contributed by atoms with Gasteiger partial charge in [-0.2, -0.15) is 0 Å². The number of hydrogen-bond acceptors (Lipinski definition) is 6. The number of benzene rings is 2. The molecule has 0 spiro atoms. The number of rotatable bonds is 6. The zero-order valence-corrected chi connectivity index (χ0v) is 16.8. The van der Waals surface area contributed by atoms with Gasteiger partial charge in [-0.3, -0.25) is 4.79 Å². The third-order valence-corrected chi connectivity index (χ3v) is 5.96. The first-order chi connectivity index (χ1) is 13.2. The number of aromatic nitrogens is 3. The summed E-state index contributed by atoms with van der Waals surface area (Å²) in [4.78, 5) is 18.8. The van der Waals surface area contributed by atoms with Gasteiger partial charge in [0.1, 0.15) is 11.0 Å². The molecule has 1 amide bonds. The molecule has 28 heavy (non-hydrogen) atoms. The minimum Gasteiger partial charge on any atom is -0.385 e. The molecule has 0 bridgehead atoms. The Labute approximate surface area is 162 Å². The fourth-order valence-corrected chi connectivity index (χ4v) is 3.44. The summed E-state index contributed by atoms with van der Waals surface area (Å²) in [6, 6.07) is 10.1. The molecule has 0 aliphatic rings. The Morgan fingerprint density at radius 1 is 1.18 bits per heavy atom. The maximum atomic E-state index is 12.3. The quantitative estimate of drug-likeness (QED) is 0.666. The van der Waals surface area contributed by atoms with Gasteiger partial charge >= 0.3 is 0 Å². The van der Waals surface area contributed by atoms with Crippen molar-refractivity contribution >= 4 is 32.7 Å². The molecule has 0 saturated carbocycles. The van der Waals surface area contributed by atoms with Crippen molar-refractivity contribution in [3.63, 3.8) is 0 Å². The summed E-state index contributed by atoms with van der Waals surface area (Å²) in [6.45, 7) is 3.52. The number of nitrogens with zero attached hydrogens (tertiary/aromatic N) is 4. The molecule has 3 rings (SSSR count). The van der Waals surface area contributed by atoms with Gasteiger partial charge in [-0.25, -0.2) is 12.7 Å². The summed E-state index contributed by atoms with van der Waals surface area (Å²) in [5, 5.41) is 10.5. The van der Waals surface area contributed by atoms with Crippen LogP contribution < -0.4 is 10.2 Å². The number of hydrogen-bond donors (Lipinski definition) is 1. The summed E-state index contributed by atoms with van der Waals surface area (Å²) in [7, 11) is -0.719. The molecular weight excluding hydrogens is 382 g/mol. The zero-order chi connectivity index (χ0) is 20.5. The number of nitrogens with one attached hydrogen (secondary N) is 1. The van der Waals surface area contributed by atoms with Crippen LogP contribution in [0.2, 0.25) is 0 Å². The minimum absolute atomic E-state index is 0.0805. The van der Waals surface area contributed by atoms with Crippen LogP contribution in [0.4, 0.5) is 5.69 Å². The molecule has 0 aliphatic carbocycles. The van der Waals surface area contributed by atoms with E-state index in [0.29, 0.717) is 16.7 Å². The van der Waals surface area contributed by atoms with Crippen molar-refractivity contribution in [3.8, 4) is 0 Å². The zero-order valence-electron chi connectivity index (χ0n) is 16.0. The molecule has 3 aromatic rings. The first-order valence-corrected chi connectivity index (χ1v) is 9.91. The Morgan fingerprint density at radius 3 is 2.64 bits per heavy atom. The Bertz CT molecular complexity index is 1140. The predicted octanol–water partition coefficient (Wildman–Crippen LogP) is 1.37. The van der Waals surface area contributed by atoms with E-state index in [2.05, 4.69) is 15.6 Å². The third kappa shape index (κ3) is 3.97. The fraction of sp³-hybridized carbons (Fsp3) is 0.278. The predicted molar refractivity (Wildman–Crippen MR) is 104 cm³/mol. The van der Waals surface area contributed by atoms with E-state index in [1.54, 1.807) is 0 Å². The summed E-state index contributed by atoms with van der Waals surface area (Å²) < 4.78 is 25.7. The third-order valence-electron chi connectivity index (χ3n) is 4.15. The van der Waals surface area contributed by atoms with E-state index in [0.717, 1.165) is 20.3 Å². The highest BCUT2D eigenvalue weighted by Gasteiger charge is 2.19. The van der Waals surface area contributed by atoms with Crippen molar-refractivity contribution in [3.05, 3.63) is 47.5 Å². The highest BCUT2D eigenvalue weighted by molar-refractivity contribution is 7.89. The number of anilines is 1. The minimum atomic E-state index is -3.61. The number of fused-ring (bicyclic) bond motifs is 1. The maximum absolute atomic E-state index is 12.3. The molecule has 9 nitrogen and oxygen atoms in total. The molecule has 10 heteroatoms. The van der Waals surface area contributed by atoms with E-state index < -0.39 is 10.0 Å². The molecule has 0 unspecified atom stereocenters. The van der Waals surface area contributed by atoms with Gasteiger partial charge in [-0.15, -0.1) is 5.10 Å². The van der Waals surface area contributed by atoms with Crippen LogP contribution in [0.25, 0.3) is 11.0 Å². The fourth-order valence-electron chi connectivity index (χ4n) is 2.52. The smallest absolute Gasteiger partial charge is 0.265 e. The number of amides is 1. The molecule has 1 heterocycles. The second-order valence-electron chi connectivity index (χ2n) is 6.54. The van der Waals surface area contributed by atoms with Crippen LogP contribution in [0.1, 0.15) is 11.1 Å². The van der Waals surface area contributed by atoms with Crippen molar-refractivity contribution in [2.45, 2.75) is 18.7 Å². The summed E-state index contributed by atoms with van der Waals surface area (Å²) >= 11 is 0. The van der Waals surface area contributed by atoms with Crippen LogP contribution in [0.3, 0.4) is 0 Å². The van der Waals surface area contributed by atoms with Crippen LogP contribution in [0, 0.1) is 13.8 Å². The molecule has 148 valence electrons. The number of aryl methyl sites for hydroxylation is 2. The van der Waals surface area contributed by atoms with Crippen LogP contribution in [-0.4, -0.2) is 54.5 Å². The van der Waals surface area contributed by atoms with Gasteiger partial charge in [0.15, 0.2) is 6.61 Å². The molecule has 0 saturated heterocycles. The van der Waals surface area contributed by atoms with Gasteiger partial charge in [-0.1, -0.05) is 17.0 Å². The van der Waals surface area contributed by atoms with Gasteiger partial charge < -0.3 is 10.2 Å². The van der Waals surface area contributed by atoms with Gasteiger partial charge in [0, 0.05) is 19.8 Å². The van der Waals surface area contributed by atoms with Crippen molar-refractivity contribution in [1.82, 2.24) is 19.5 Å². The Kier molecular flexibility index (Phi) is 5.34. The van der Waals surface area contributed by atoms with Gasteiger partial charge in [0.2, 0.25) is 10.0 Å². The normalized spacial score (nSPS) is 11.8. The van der Waals surface area contributed by atoms with E-state index in [-0.39, 0.29) is 17.4 Å². The lowest BCUT2D eigenvalue weighted by atomic mass is 10.1. The lowest BCUT2D eigenvalue weighted by Gasteiger charge is -2.12. The molecule has 1 aromatic heterocycles. The van der Waals surface area contributed by atoms with Crippen LogP contribution in [0.15, 0.2) is 41.3 Å². The molecule has 0 fully saturated rings. The van der Waals surface area contributed by atoms with Crippen molar-refractivity contribution in [2.75, 3.05) is 26.0 Å². The van der Waals surface area contributed by atoms with E-state index in [9.17, 15) is 13.2 Å². The summed E-state index contributed by atoms with van der Waals surface area (Å²) in [5.41, 5.74) is 3.47. The highest BCUT2D eigenvalue weighted by Crippen LogP contribution is 2.19. The lowest BCUT2D eigenvalue weighted by molar-refractivity contribution is -0.121. The van der Waals surface area contributed by atoms with Crippen LogP contribution >= 0.6 is 0 Å².